The quantitative estimate of drug-likeness (QED) is 0.780. The minimum atomic E-state index is -0.250. The zero-order valence-corrected chi connectivity index (χ0v) is 13.6. The SMILES string of the molecule is Cc1cccc(-n2c(O)c(C=C3N=c4ccccc4=N3)sc2=O)c1. The molecule has 0 saturated carbocycles. The maximum absolute atomic E-state index is 12.3. The van der Waals surface area contributed by atoms with Crippen LogP contribution < -0.4 is 15.6 Å². The van der Waals surface area contributed by atoms with Gasteiger partial charge in [0.1, 0.15) is 0 Å². The summed E-state index contributed by atoms with van der Waals surface area (Å²) in [5, 5.41) is 12.0. The lowest BCUT2D eigenvalue weighted by molar-refractivity contribution is 0.440. The van der Waals surface area contributed by atoms with Crippen molar-refractivity contribution in [3.05, 3.63) is 85.2 Å². The van der Waals surface area contributed by atoms with Gasteiger partial charge in [0, 0.05) is 6.08 Å². The van der Waals surface area contributed by atoms with Gasteiger partial charge in [-0.15, -0.1) is 0 Å². The Balaban J connectivity index is 1.82. The van der Waals surface area contributed by atoms with Gasteiger partial charge in [0.2, 0.25) is 5.88 Å². The molecule has 0 radical (unpaired) electrons. The van der Waals surface area contributed by atoms with E-state index in [1.165, 1.54) is 4.57 Å². The smallest absolute Gasteiger partial charge is 0.315 e. The summed E-state index contributed by atoms with van der Waals surface area (Å²) in [5.74, 6) is 0.383. The number of fused-ring (bicyclic) bond motifs is 1. The van der Waals surface area contributed by atoms with Crippen LogP contribution in [0.5, 0.6) is 5.88 Å². The average molecular weight is 335 g/mol. The molecule has 0 aliphatic carbocycles. The molecule has 1 aromatic heterocycles. The molecule has 0 fully saturated rings. The number of benzene rings is 2. The van der Waals surface area contributed by atoms with Crippen LogP contribution in [0.4, 0.5) is 0 Å². The van der Waals surface area contributed by atoms with Crippen LogP contribution in [0, 0.1) is 6.92 Å². The van der Waals surface area contributed by atoms with Crippen molar-refractivity contribution in [3.63, 3.8) is 0 Å². The predicted octanol–water partition coefficient (Wildman–Crippen LogP) is 2.16. The van der Waals surface area contributed by atoms with Crippen LogP contribution in [0.25, 0.3) is 11.8 Å². The first-order chi connectivity index (χ1) is 11.6. The number of thiazole rings is 1. The zero-order chi connectivity index (χ0) is 16.7. The lowest BCUT2D eigenvalue weighted by atomic mass is 10.2. The summed E-state index contributed by atoms with van der Waals surface area (Å²) in [6.07, 6.45) is 1.63. The third kappa shape index (κ3) is 2.47. The lowest BCUT2D eigenvalue weighted by Crippen LogP contribution is -2.19. The first kappa shape index (κ1) is 14.6. The fraction of sp³-hybridized carbons (Fsp3) is 0.0556. The fourth-order valence-corrected chi connectivity index (χ4v) is 3.40. The van der Waals surface area contributed by atoms with Crippen LogP contribution >= 0.6 is 11.3 Å². The predicted molar refractivity (Wildman–Crippen MR) is 93.0 cm³/mol. The molecule has 0 atom stereocenters. The molecule has 0 saturated heterocycles. The molecule has 24 heavy (non-hydrogen) atoms. The van der Waals surface area contributed by atoms with Crippen molar-refractivity contribution in [2.75, 3.05) is 0 Å². The maximum atomic E-state index is 12.3. The Labute approximate surface area is 141 Å². The van der Waals surface area contributed by atoms with Crippen LogP contribution in [-0.2, 0) is 0 Å². The minimum Gasteiger partial charge on any atom is -0.493 e. The monoisotopic (exact) mass is 335 g/mol. The van der Waals surface area contributed by atoms with Crippen LogP contribution in [0.2, 0.25) is 0 Å². The number of nitrogens with zero attached hydrogens (tertiary/aromatic N) is 3. The topological polar surface area (TPSA) is 66.9 Å². The van der Waals surface area contributed by atoms with Crippen molar-refractivity contribution < 1.29 is 5.11 Å². The van der Waals surface area contributed by atoms with Crippen molar-refractivity contribution in [2.24, 2.45) is 9.98 Å². The summed E-state index contributed by atoms with van der Waals surface area (Å²) in [6, 6.07) is 15.0. The first-order valence-corrected chi connectivity index (χ1v) is 8.19. The molecule has 1 aliphatic rings. The molecule has 118 valence electrons. The Morgan fingerprint density at radius 3 is 2.46 bits per heavy atom. The van der Waals surface area contributed by atoms with Gasteiger partial charge in [-0.2, -0.15) is 0 Å². The van der Waals surface area contributed by atoms with Crippen molar-refractivity contribution in [3.8, 4) is 11.6 Å². The number of para-hydroxylation sites is 2. The molecule has 6 heteroatoms. The maximum Gasteiger partial charge on any atom is 0.315 e. The van der Waals surface area contributed by atoms with Gasteiger partial charge in [0.25, 0.3) is 0 Å². The number of aromatic hydroxyl groups is 1. The highest BCUT2D eigenvalue weighted by Gasteiger charge is 2.15. The highest BCUT2D eigenvalue weighted by atomic mass is 32.1. The number of aryl methyl sites for hydroxylation is 1. The number of hydrogen-bond acceptors (Lipinski definition) is 5. The van der Waals surface area contributed by atoms with E-state index in [0.29, 0.717) is 16.4 Å². The molecule has 0 spiro atoms. The minimum absolute atomic E-state index is 0.0931. The molecular weight excluding hydrogens is 322 g/mol. The van der Waals surface area contributed by atoms with Gasteiger partial charge in [-0.25, -0.2) is 14.6 Å². The third-order valence-electron chi connectivity index (χ3n) is 3.68. The first-order valence-electron chi connectivity index (χ1n) is 7.38. The highest BCUT2D eigenvalue weighted by molar-refractivity contribution is 7.10. The van der Waals surface area contributed by atoms with E-state index in [2.05, 4.69) is 9.98 Å². The van der Waals surface area contributed by atoms with E-state index in [1.54, 1.807) is 12.1 Å². The lowest BCUT2D eigenvalue weighted by Gasteiger charge is -2.04. The van der Waals surface area contributed by atoms with Gasteiger partial charge in [-0.1, -0.05) is 35.6 Å². The summed E-state index contributed by atoms with van der Waals surface area (Å²) in [6.45, 7) is 1.94. The molecule has 2 heterocycles. The van der Waals surface area contributed by atoms with Gasteiger partial charge in [0.05, 0.1) is 21.3 Å². The second-order valence-electron chi connectivity index (χ2n) is 5.45. The second-order valence-corrected chi connectivity index (χ2v) is 6.44. The zero-order valence-electron chi connectivity index (χ0n) is 12.8. The second kappa shape index (κ2) is 5.58. The summed E-state index contributed by atoms with van der Waals surface area (Å²) in [4.78, 5) is 21.3. The van der Waals surface area contributed by atoms with Gasteiger partial charge in [-0.05, 0) is 36.8 Å². The van der Waals surface area contributed by atoms with Gasteiger partial charge in [0.15, 0.2) is 5.82 Å². The Kier molecular flexibility index (Phi) is 3.39. The molecular formula is C18H13N3O2S. The number of rotatable bonds is 2. The van der Waals surface area contributed by atoms with Gasteiger partial charge < -0.3 is 5.11 Å². The summed E-state index contributed by atoms with van der Waals surface area (Å²) in [7, 11) is 0. The summed E-state index contributed by atoms with van der Waals surface area (Å²) >= 11 is 0.968. The molecule has 5 nitrogen and oxygen atoms in total. The highest BCUT2D eigenvalue weighted by Crippen LogP contribution is 2.27. The van der Waals surface area contributed by atoms with Crippen molar-refractivity contribution in [1.82, 2.24) is 4.57 Å². The fourth-order valence-electron chi connectivity index (χ4n) is 2.58. The van der Waals surface area contributed by atoms with E-state index < -0.39 is 0 Å². The van der Waals surface area contributed by atoms with Crippen LogP contribution in [-0.4, -0.2) is 9.67 Å². The third-order valence-corrected chi connectivity index (χ3v) is 4.56. The largest absolute Gasteiger partial charge is 0.493 e. The summed E-state index contributed by atoms with van der Waals surface area (Å²) < 4.78 is 1.30. The molecule has 1 aliphatic heterocycles. The molecule has 0 bridgehead atoms. The van der Waals surface area contributed by atoms with E-state index in [0.717, 1.165) is 27.6 Å². The molecule has 1 N–H and O–H groups in total. The van der Waals surface area contributed by atoms with Crippen LogP contribution in [0.3, 0.4) is 0 Å². The van der Waals surface area contributed by atoms with E-state index in [-0.39, 0.29) is 10.8 Å². The number of hydrogen-bond donors (Lipinski definition) is 1. The summed E-state index contributed by atoms with van der Waals surface area (Å²) in [5.41, 5.74) is 1.66. The van der Waals surface area contributed by atoms with Crippen LogP contribution in [0.1, 0.15) is 10.4 Å². The van der Waals surface area contributed by atoms with Crippen molar-refractivity contribution >= 4 is 17.4 Å². The van der Waals surface area contributed by atoms with E-state index in [9.17, 15) is 9.90 Å². The molecule has 0 unspecified atom stereocenters. The molecule has 2 aromatic carbocycles. The molecule has 4 rings (SSSR count). The Morgan fingerprint density at radius 1 is 1.08 bits per heavy atom. The molecule has 0 amide bonds. The van der Waals surface area contributed by atoms with Gasteiger partial charge in [-0.3, -0.25) is 4.79 Å². The number of aromatic nitrogens is 1. The van der Waals surface area contributed by atoms with Crippen molar-refractivity contribution in [1.29, 1.82) is 0 Å². The average Bonchev–Trinajstić information content (AvgIpc) is 3.08. The van der Waals surface area contributed by atoms with E-state index >= 15 is 0 Å². The Bertz CT molecular complexity index is 1120. The van der Waals surface area contributed by atoms with Crippen LogP contribution in [0.15, 0.2) is 69.1 Å². The standard InChI is InChI=1S/C18H13N3O2S/c1-11-5-4-6-12(9-11)21-17(22)15(24-18(21)23)10-16-19-13-7-2-3-8-14(13)20-16/h2-10,22H,1H3. The normalized spacial score (nSPS) is 12.5. The van der Waals surface area contributed by atoms with Gasteiger partial charge >= 0.3 is 4.87 Å². The Hall–Kier alpha value is -2.99. The van der Waals surface area contributed by atoms with E-state index in [4.69, 9.17) is 0 Å². The van der Waals surface area contributed by atoms with Crippen molar-refractivity contribution in [2.45, 2.75) is 6.92 Å². The molecule has 3 aromatic rings. The Morgan fingerprint density at radius 2 is 1.79 bits per heavy atom. The van der Waals surface area contributed by atoms with E-state index in [1.807, 2.05) is 49.4 Å².